The monoisotopic (exact) mass is 227 g/mol. The zero-order chi connectivity index (χ0) is 11.3. The van der Waals surface area contributed by atoms with Crippen molar-refractivity contribution in [2.45, 2.75) is 13.0 Å². The molecule has 0 aromatic carbocycles. The van der Waals surface area contributed by atoms with Crippen molar-refractivity contribution in [3.8, 4) is 5.88 Å². The molecule has 82 valence electrons. The van der Waals surface area contributed by atoms with Crippen LogP contribution in [0.2, 0.25) is 0 Å². The topological polar surface area (TPSA) is 70.3 Å². The van der Waals surface area contributed by atoms with E-state index in [4.69, 9.17) is 27.4 Å². The predicted molar refractivity (Wildman–Crippen MR) is 59.9 cm³/mol. The van der Waals surface area contributed by atoms with Crippen molar-refractivity contribution in [2.24, 2.45) is 5.73 Å². The molecular formula is C9H13N3O2S. The third-order valence-electron chi connectivity index (χ3n) is 1.67. The largest absolute Gasteiger partial charge is 0.471 e. The van der Waals surface area contributed by atoms with E-state index in [2.05, 4.69) is 10.2 Å². The number of hydrogen-bond donors (Lipinski definition) is 1. The molecule has 0 fully saturated rings. The molecule has 1 heterocycles. The molecule has 1 atom stereocenters. The Bertz CT molecular complexity index is 346. The second-order valence-electron chi connectivity index (χ2n) is 3.00. The first kappa shape index (κ1) is 11.8. The third kappa shape index (κ3) is 3.41. The van der Waals surface area contributed by atoms with Gasteiger partial charge < -0.3 is 15.2 Å². The number of hydrogen-bond acceptors (Lipinski definition) is 5. The first-order valence-electron chi connectivity index (χ1n) is 4.42. The minimum absolute atomic E-state index is 0.125. The summed E-state index contributed by atoms with van der Waals surface area (Å²) in [7, 11) is 1.60. The Morgan fingerprint density at radius 1 is 1.67 bits per heavy atom. The van der Waals surface area contributed by atoms with Gasteiger partial charge in [0.2, 0.25) is 5.88 Å². The molecule has 0 saturated heterocycles. The number of nitrogens with zero attached hydrogens (tertiary/aromatic N) is 2. The van der Waals surface area contributed by atoms with E-state index in [0.717, 1.165) is 0 Å². The molecule has 1 unspecified atom stereocenters. The van der Waals surface area contributed by atoms with Crippen LogP contribution in [0.25, 0.3) is 0 Å². The highest BCUT2D eigenvalue weighted by atomic mass is 32.1. The van der Waals surface area contributed by atoms with Gasteiger partial charge in [0.25, 0.3) is 0 Å². The van der Waals surface area contributed by atoms with Crippen LogP contribution in [0.4, 0.5) is 0 Å². The second kappa shape index (κ2) is 5.57. The summed E-state index contributed by atoms with van der Waals surface area (Å²) in [4.78, 5) is 0.240. The quantitative estimate of drug-likeness (QED) is 0.740. The van der Waals surface area contributed by atoms with E-state index in [0.29, 0.717) is 18.1 Å². The Kier molecular flexibility index (Phi) is 4.38. The maximum Gasteiger partial charge on any atom is 0.244 e. The molecule has 0 saturated carbocycles. The standard InChI is InChI=1S/C9H13N3O2S/c1-6(5-13-2)14-9-7(8(10)15)3-4-11-12-9/h3-4,6H,5H2,1-2H3,(H2,10,15). The Labute approximate surface area is 93.6 Å². The average molecular weight is 227 g/mol. The molecule has 0 aliphatic rings. The molecule has 1 aromatic rings. The highest BCUT2D eigenvalue weighted by molar-refractivity contribution is 7.80. The normalized spacial score (nSPS) is 12.1. The van der Waals surface area contributed by atoms with E-state index in [-0.39, 0.29) is 11.1 Å². The maximum absolute atomic E-state index is 5.52. The maximum atomic E-state index is 5.52. The van der Waals surface area contributed by atoms with Crippen LogP contribution in [0.5, 0.6) is 5.88 Å². The Morgan fingerprint density at radius 2 is 2.40 bits per heavy atom. The summed E-state index contributed by atoms with van der Waals surface area (Å²) >= 11 is 4.87. The molecule has 0 spiro atoms. The van der Waals surface area contributed by atoms with Crippen molar-refractivity contribution < 1.29 is 9.47 Å². The summed E-state index contributed by atoms with van der Waals surface area (Å²) < 4.78 is 10.4. The number of nitrogens with two attached hydrogens (primary N) is 1. The molecule has 15 heavy (non-hydrogen) atoms. The van der Waals surface area contributed by atoms with Crippen LogP contribution in [0.3, 0.4) is 0 Å². The molecule has 6 heteroatoms. The molecule has 0 aliphatic heterocycles. The van der Waals surface area contributed by atoms with Gasteiger partial charge in [-0.15, -0.1) is 5.10 Å². The number of thiocarbonyl (C=S) groups is 1. The summed E-state index contributed by atoms with van der Waals surface area (Å²) in [5.74, 6) is 0.342. The Balaban J connectivity index is 2.79. The van der Waals surface area contributed by atoms with Gasteiger partial charge in [-0.3, -0.25) is 0 Å². The molecule has 0 amide bonds. The number of aromatic nitrogens is 2. The number of rotatable bonds is 5. The minimum Gasteiger partial charge on any atom is -0.471 e. The second-order valence-corrected chi connectivity index (χ2v) is 3.44. The van der Waals surface area contributed by atoms with Gasteiger partial charge in [0, 0.05) is 7.11 Å². The molecule has 0 radical (unpaired) electrons. The van der Waals surface area contributed by atoms with E-state index in [9.17, 15) is 0 Å². The van der Waals surface area contributed by atoms with Gasteiger partial charge in [0.05, 0.1) is 18.4 Å². The minimum atomic E-state index is -0.125. The lowest BCUT2D eigenvalue weighted by molar-refractivity contribution is 0.0881. The first-order chi connectivity index (χ1) is 7.15. The van der Waals surface area contributed by atoms with Gasteiger partial charge in [0.1, 0.15) is 11.1 Å². The summed E-state index contributed by atoms with van der Waals surface area (Å²) in [6.45, 7) is 2.33. The fourth-order valence-electron chi connectivity index (χ4n) is 1.05. The van der Waals surface area contributed by atoms with Gasteiger partial charge in [-0.2, -0.15) is 5.10 Å². The van der Waals surface area contributed by atoms with Crippen LogP contribution in [-0.4, -0.2) is 35.0 Å². The van der Waals surface area contributed by atoms with Crippen LogP contribution >= 0.6 is 12.2 Å². The van der Waals surface area contributed by atoms with Gasteiger partial charge in [0.15, 0.2) is 0 Å². The van der Waals surface area contributed by atoms with E-state index in [1.807, 2.05) is 6.92 Å². The summed E-state index contributed by atoms with van der Waals surface area (Å²) in [6, 6.07) is 1.67. The predicted octanol–water partition coefficient (Wildman–Crippen LogP) is 0.525. The van der Waals surface area contributed by atoms with Gasteiger partial charge in [-0.1, -0.05) is 12.2 Å². The van der Waals surface area contributed by atoms with Crippen molar-refractivity contribution in [1.29, 1.82) is 0 Å². The van der Waals surface area contributed by atoms with E-state index >= 15 is 0 Å². The fourth-order valence-corrected chi connectivity index (χ4v) is 1.21. The smallest absolute Gasteiger partial charge is 0.244 e. The van der Waals surface area contributed by atoms with Crippen molar-refractivity contribution in [3.63, 3.8) is 0 Å². The summed E-state index contributed by atoms with van der Waals surface area (Å²) in [6.07, 6.45) is 1.39. The highest BCUT2D eigenvalue weighted by Crippen LogP contribution is 2.14. The molecule has 5 nitrogen and oxygen atoms in total. The number of ether oxygens (including phenoxy) is 2. The SMILES string of the molecule is COCC(C)Oc1nnccc1C(N)=S. The zero-order valence-electron chi connectivity index (χ0n) is 8.64. The molecule has 0 aliphatic carbocycles. The third-order valence-corrected chi connectivity index (χ3v) is 1.89. The first-order valence-corrected chi connectivity index (χ1v) is 4.83. The van der Waals surface area contributed by atoms with E-state index in [1.54, 1.807) is 13.2 Å². The Hall–Kier alpha value is -1.27. The molecule has 2 N–H and O–H groups in total. The molecule has 1 rings (SSSR count). The summed E-state index contributed by atoms with van der Waals surface area (Å²) in [5, 5.41) is 7.54. The molecule has 1 aromatic heterocycles. The fraction of sp³-hybridized carbons (Fsp3) is 0.444. The lowest BCUT2D eigenvalue weighted by Crippen LogP contribution is -2.21. The lowest BCUT2D eigenvalue weighted by atomic mass is 10.3. The van der Waals surface area contributed by atoms with Crippen LogP contribution in [0.1, 0.15) is 12.5 Å². The zero-order valence-corrected chi connectivity index (χ0v) is 9.45. The lowest BCUT2D eigenvalue weighted by Gasteiger charge is -2.14. The highest BCUT2D eigenvalue weighted by Gasteiger charge is 2.11. The molecule has 0 bridgehead atoms. The van der Waals surface area contributed by atoms with Gasteiger partial charge in [-0.25, -0.2) is 0 Å². The van der Waals surface area contributed by atoms with Crippen LogP contribution in [0, 0.1) is 0 Å². The summed E-state index contributed by atoms with van der Waals surface area (Å²) in [5.41, 5.74) is 6.10. The Morgan fingerprint density at radius 3 is 3.00 bits per heavy atom. The van der Waals surface area contributed by atoms with Gasteiger partial charge >= 0.3 is 0 Å². The number of methoxy groups -OCH3 is 1. The van der Waals surface area contributed by atoms with Crippen molar-refractivity contribution in [3.05, 3.63) is 17.8 Å². The van der Waals surface area contributed by atoms with Gasteiger partial charge in [-0.05, 0) is 13.0 Å². The van der Waals surface area contributed by atoms with Crippen LogP contribution in [0.15, 0.2) is 12.3 Å². The van der Waals surface area contributed by atoms with Crippen LogP contribution in [-0.2, 0) is 4.74 Å². The van der Waals surface area contributed by atoms with Crippen LogP contribution < -0.4 is 10.5 Å². The molecular weight excluding hydrogens is 214 g/mol. The van der Waals surface area contributed by atoms with E-state index in [1.165, 1.54) is 6.20 Å². The average Bonchev–Trinajstić information content (AvgIpc) is 2.18. The van der Waals surface area contributed by atoms with Crippen molar-refractivity contribution in [2.75, 3.05) is 13.7 Å². The van der Waals surface area contributed by atoms with E-state index < -0.39 is 0 Å². The van der Waals surface area contributed by atoms with Crippen molar-refractivity contribution in [1.82, 2.24) is 10.2 Å². The van der Waals surface area contributed by atoms with Crippen molar-refractivity contribution >= 4 is 17.2 Å².